The largest absolute Gasteiger partial charge is 0.496 e. The second-order valence-electron chi connectivity index (χ2n) is 4.71. The molecule has 0 bridgehead atoms. The lowest BCUT2D eigenvalue weighted by Gasteiger charge is -2.22. The highest BCUT2D eigenvalue weighted by Crippen LogP contribution is 2.30. The van der Waals surface area contributed by atoms with Crippen molar-refractivity contribution in [1.29, 1.82) is 0 Å². The summed E-state index contributed by atoms with van der Waals surface area (Å²) in [5.74, 6) is 1.85. The van der Waals surface area contributed by atoms with E-state index in [2.05, 4.69) is 0 Å². The van der Waals surface area contributed by atoms with Crippen molar-refractivity contribution in [2.45, 2.75) is 30.8 Å². The molecule has 0 saturated carbocycles. The van der Waals surface area contributed by atoms with Gasteiger partial charge in [-0.25, -0.2) is 0 Å². The molecule has 0 unspecified atom stereocenters. The molecule has 1 aromatic carbocycles. The van der Waals surface area contributed by atoms with Crippen LogP contribution in [0.3, 0.4) is 0 Å². The highest BCUT2D eigenvalue weighted by molar-refractivity contribution is 7.99. The second-order valence-corrected chi connectivity index (χ2v) is 5.99. The fourth-order valence-electron chi connectivity index (χ4n) is 2.16. The van der Waals surface area contributed by atoms with Crippen molar-refractivity contribution >= 4 is 17.5 Å². The van der Waals surface area contributed by atoms with E-state index in [1.54, 1.807) is 14.0 Å². The van der Waals surface area contributed by atoms with Gasteiger partial charge in [-0.3, -0.25) is 4.79 Å². The van der Waals surface area contributed by atoms with Gasteiger partial charge in [-0.15, -0.1) is 0 Å². The van der Waals surface area contributed by atoms with Crippen LogP contribution in [0.5, 0.6) is 5.75 Å². The molecule has 1 aromatic rings. The van der Waals surface area contributed by atoms with E-state index in [1.165, 1.54) is 0 Å². The third kappa shape index (κ3) is 3.98. The standard InChI is InChI=1S/C15H20O3S/c1-11(16)12-3-4-15(17-2)13(9-12)10-19-14-5-7-18-8-6-14/h3-4,9,14H,5-8,10H2,1-2H3. The Hall–Kier alpha value is -1.00. The molecule has 1 saturated heterocycles. The lowest BCUT2D eigenvalue weighted by Crippen LogP contribution is -2.17. The number of carbonyl (C=O) groups excluding carboxylic acids is 1. The zero-order chi connectivity index (χ0) is 13.7. The summed E-state index contributed by atoms with van der Waals surface area (Å²) < 4.78 is 10.7. The Labute approximate surface area is 118 Å². The summed E-state index contributed by atoms with van der Waals surface area (Å²) in [6.07, 6.45) is 2.22. The lowest BCUT2D eigenvalue weighted by molar-refractivity contribution is 0.1000. The van der Waals surface area contributed by atoms with Crippen molar-refractivity contribution in [3.8, 4) is 5.75 Å². The number of Topliss-reactive ketones (excluding diaryl/α,β-unsaturated/α-hetero) is 1. The van der Waals surface area contributed by atoms with E-state index in [-0.39, 0.29) is 5.78 Å². The second kappa shape index (κ2) is 6.96. The highest BCUT2D eigenvalue weighted by atomic mass is 32.2. The highest BCUT2D eigenvalue weighted by Gasteiger charge is 2.15. The maximum absolute atomic E-state index is 11.4. The third-order valence-electron chi connectivity index (χ3n) is 3.33. The Balaban J connectivity index is 2.04. The van der Waals surface area contributed by atoms with Crippen molar-refractivity contribution in [1.82, 2.24) is 0 Å². The van der Waals surface area contributed by atoms with E-state index in [0.29, 0.717) is 5.25 Å². The van der Waals surface area contributed by atoms with Gasteiger partial charge < -0.3 is 9.47 Å². The van der Waals surface area contributed by atoms with Gasteiger partial charge in [0.15, 0.2) is 5.78 Å². The number of rotatable bonds is 5. The first-order chi connectivity index (χ1) is 9.20. The van der Waals surface area contributed by atoms with Gasteiger partial charge in [-0.2, -0.15) is 11.8 Å². The van der Waals surface area contributed by atoms with Gasteiger partial charge in [0.25, 0.3) is 0 Å². The van der Waals surface area contributed by atoms with Crippen LogP contribution in [0.1, 0.15) is 35.7 Å². The SMILES string of the molecule is COc1ccc(C(C)=O)cc1CSC1CCOCC1. The van der Waals surface area contributed by atoms with Crippen LogP contribution < -0.4 is 4.74 Å². The van der Waals surface area contributed by atoms with Gasteiger partial charge in [0.1, 0.15) is 5.75 Å². The molecule has 0 amide bonds. The molecular formula is C15H20O3S. The van der Waals surface area contributed by atoms with Gasteiger partial charge in [0, 0.05) is 35.3 Å². The molecule has 0 radical (unpaired) electrons. The number of hydrogen-bond donors (Lipinski definition) is 0. The molecular weight excluding hydrogens is 260 g/mol. The van der Waals surface area contributed by atoms with Crippen LogP contribution in [0.25, 0.3) is 0 Å². The van der Waals surface area contributed by atoms with Crippen molar-refractivity contribution in [3.63, 3.8) is 0 Å². The maximum Gasteiger partial charge on any atom is 0.159 e. The van der Waals surface area contributed by atoms with Gasteiger partial charge in [0.2, 0.25) is 0 Å². The third-order valence-corrected chi connectivity index (χ3v) is 4.75. The average molecular weight is 280 g/mol. The molecule has 0 aliphatic carbocycles. The summed E-state index contributed by atoms with van der Waals surface area (Å²) in [5.41, 5.74) is 1.86. The number of ketones is 1. The topological polar surface area (TPSA) is 35.5 Å². The fourth-order valence-corrected chi connectivity index (χ4v) is 3.33. The predicted octanol–water partition coefficient (Wildman–Crippen LogP) is 3.31. The molecule has 0 aromatic heterocycles. The minimum atomic E-state index is 0.0972. The minimum Gasteiger partial charge on any atom is -0.496 e. The number of methoxy groups -OCH3 is 1. The Kier molecular flexibility index (Phi) is 5.28. The number of thioether (sulfide) groups is 1. The number of ether oxygens (including phenoxy) is 2. The van der Waals surface area contributed by atoms with Gasteiger partial charge in [-0.05, 0) is 38.0 Å². The first-order valence-electron chi connectivity index (χ1n) is 6.58. The summed E-state index contributed by atoms with van der Waals surface area (Å²) >= 11 is 1.93. The van der Waals surface area contributed by atoms with Gasteiger partial charge in [-0.1, -0.05) is 0 Å². The van der Waals surface area contributed by atoms with Crippen molar-refractivity contribution < 1.29 is 14.3 Å². The molecule has 0 N–H and O–H groups in total. The van der Waals surface area contributed by atoms with Crippen molar-refractivity contribution in [3.05, 3.63) is 29.3 Å². The molecule has 1 aliphatic rings. The number of carbonyl (C=O) groups is 1. The summed E-state index contributed by atoms with van der Waals surface area (Å²) in [6.45, 7) is 3.32. The van der Waals surface area contributed by atoms with Gasteiger partial charge in [0.05, 0.1) is 7.11 Å². The number of benzene rings is 1. The normalized spacial score (nSPS) is 16.3. The molecule has 1 fully saturated rings. The molecule has 1 aliphatic heterocycles. The van der Waals surface area contributed by atoms with E-state index in [0.717, 1.165) is 48.7 Å². The monoisotopic (exact) mass is 280 g/mol. The molecule has 4 heteroatoms. The Morgan fingerprint density at radius 1 is 1.42 bits per heavy atom. The fraction of sp³-hybridized carbons (Fsp3) is 0.533. The van der Waals surface area contributed by atoms with Crippen LogP contribution in [-0.2, 0) is 10.5 Å². The van der Waals surface area contributed by atoms with Crippen LogP contribution in [0, 0.1) is 0 Å². The van der Waals surface area contributed by atoms with E-state index in [4.69, 9.17) is 9.47 Å². The average Bonchev–Trinajstić information content (AvgIpc) is 2.45. The molecule has 0 atom stereocenters. The van der Waals surface area contributed by atoms with E-state index < -0.39 is 0 Å². The smallest absolute Gasteiger partial charge is 0.159 e. The van der Waals surface area contributed by atoms with Crippen LogP contribution in [0.15, 0.2) is 18.2 Å². The summed E-state index contributed by atoms with van der Waals surface area (Å²) in [6, 6.07) is 5.66. The Morgan fingerprint density at radius 2 is 2.16 bits per heavy atom. The zero-order valence-corrected chi connectivity index (χ0v) is 12.3. The van der Waals surface area contributed by atoms with E-state index in [9.17, 15) is 4.79 Å². The first kappa shape index (κ1) is 14.4. The van der Waals surface area contributed by atoms with E-state index in [1.807, 2.05) is 30.0 Å². The van der Waals surface area contributed by atoms with Crippen molar-refractivity contribution in [2.75, 3.05) is 20.3 Å². The Bertz CT molecular complexity index is 439. The summed E-state index contributed by atoms with van der Waals surface area (Å²) in [5, 5.41) is 0.652. The molecule has 3 nitrogen and oxygen atoms in total. The molecule has 19 heavy (non-hydrogen) atoms. The number of hydrogen-bond acceptors (Lipinski definition) is 4. The van der Waals surface area contributed by atoms with Crippen LogP contribution >= 0.6 is 11.8 Å². The van der Waals surface area contributed by atoms with Crippen molar-refractivity contribution in [2.24, 2.45) is 0 Å². The summed E-state index contributed by atoms with van der Waals surface area (Å²) in [7, 11) is 1.67. The van der Waals surface area contributed by atoms with Crippen LogP contribution in [-0.4, -0.2) is 31.4 Å². The quantitative estimate of drug-likeness (QED) is 0.775. The van der Waals surface area contributed by atoms with Crippen LogP contribution in [0.2, 0.25) is 0 Å². The lowest BCUT2D eigenvalue weighted by atomic mass is 10.1. The Morgan fingerprint density at radius 3 is 2.79 bits per heavy atom. The molecule has 104 valence electrons. The predicted molar refractivity (Wildman–Crippen MR) is 78.1 cm³/mol. The molecule has 0 spiro atoms. The molecule has 2 rings (SSSR count). The van der Waals surface area contributed by atoms with Crippen LogP contribution in [0.4, 0.5) is 0 Å². The zero-order valence-electron chi connectivity index (χ0n) is 11.5. The summed E-state index contributed by atoms with van der Waals surface area (Å²) in [4.78, 5) is 11.4. The minimum absolute atomic E-state index is 0.0972. The van der Waals surface area contributed by atoms with E-state index >= 15 is 0 Å². The van der Waals surface area contributed by atoms with Gasteiger partial charge >= 0.3 is 0 Å². The first-order valence-corrected chi connectivity index (χ1v) is 7.63. The maximum atomic E-state index is 11.4. The molecule has 1 heterocycles.